The average Bonchev–Trinajstić information content (AvgIpc) is 3.46. The molecule has 8 aromatic rings. The van der Waals surface area contributed by atoms with E-state index >= 15 is 0 Å². The minimum Gasteiger partial charge on any atom is -0.381 e. The molecule has 0 spiro atoms. The number of nitrogens with zero attached hydrogens (tertiary/aromatic N) is 2. The zero-order valence-corrected chi connectivity index (χ0v) is 46.5. The van der Waals surface area contributed by atoms with Crippen LogP contribution in [-0.4, -0.2) is 86.9 Å². The maximum atomic E-state index is 6.53. The molecule has 8 rings (SSSR count). The first kappa shape index (κ1) is 54.6. The Bertz CT molecular complexity index is 2110. The molecule has 376 valence electrons. The van der Waals surface area contributed by atoms with Crippen molar-refractivity contribution in [2.45, 2.75) is 38.5 Å². The van der Waals surface area contributed by atoms with E-state index in [1.807, 2.05) is 0 Å². The van der Waals surface area contributed by atoms with E-state index in [0.29, 0.717) is 0 Å². The summed E-state index contributed by atoms with van der Waals surface area (Å²) < 4.78 is 6.53. The van der Waals surface area contributed by atoms with Crippen LogP contribution in [0.3, 0.4) is 0 Å². The minimum absolute atomic E-state index is 0.403. The lowest BCUT2D eigenvalue weighted by Crippen LogP contribution is -2.30. The van der Waals surface area contributed by atoms with Crippen LogP contribution in [0.15, 0.2) is 243 Å². The van der Waals surface area contributed by atoms with Gasteiger partial charge in [-0.3, -0.25) is 0 Å². The van der Waals surface area contributed by atoms with E-state index in [1.165, 1.54) is 92.8 Å². The van der Waals surface area contributed by atoms with E-state index in [-0.39, 0.29) is 0 Å². The molecular formula is C66H76N2OP4. The molecule has 3 nitrogen and oxygen atoms in total. The monoisotopic (exact) mass is 1040 g/mol. The average molecular weight is 1040 g/mol. The molecule has 0 N–H and O–H groups in total. The van der Waals surface area contributed by atoms with Gasteiger partial charge in [-0.25, -0.2) is 0 Å². The first-order valence-corrected chi connectivity index (χ1v) is 32.9. The largest absolute Gasteiger partial charge is 0.381 e. The molecule has 0 atom stereocenters. The number of ether oxygens (including phenoxy) is 1. The van der Waals surface area contributed by atoms with Crippen molar-refractivity contribution in [3.8, 4) is 0 Å². The van der Waals surface area contributed by atoms with Gasteiger partial charge in [-0.2, -0.15) is 0 Å². The van der Waals surface area contributed by atoms with Gasteiger partial charge in [0.1, 0.15) is 0 Å². The summed E-state index contributed by atoms with van der Waals surface area (Å²) in [6, 6.07) is 89.9. The zero-order chi connectivity index (χ0) is 49.8. The molecule has 0 fully saturated rings. The molecule has 0 bridgehead atoms. The van der Waals surface area contributed by atoms with Crippen molar-refractivity contribution in [2.75, 3.05) is 77.1 Å². The molecule has 0 saturated heterocycles. The summed E-state index contributed by atoms with van der Waals surface area (Å²) in [6.07, 6.45) is 11.7. The maximum Gasteiger partial charge on any atom is 0.0478 e. The second-order valence-electron chi connectivity index (χ2n) is 18.7. The summed E-state index contributed by atoms with van der Waals surface area (Å²) in [5.74, 6) is 0. The van der Waals surface area contributed by atoms with Crippen molar-refractivity contribution in [3.63, 3.8) is 0 Å². The van der Waals surface area contributed by atoms with E-state index in [0.717, 1.165) is 65.3 Å². The predicted molar refractivity (Wildman–Crippen MR) is 327 cm³/mol. The Labute approximate surface area is 444 Å². The summed E-state index contributed by atoms with van der Waals surface area (Å²) in [6.45, 7) is 8.26. The van der Waals surface area contributed by atoms with E-state index in [1.54, 1.807) is 0 Å². The highest BCUT2D eigenvalue weighted by Crippen LogP contribution is 2.37. The molecule has 8 aromatic carbocycles. The quantitative estimate of drug-likeness (QED) is 0.0309. The van der Waals surface area contributed by atoms with E-state index in [2.05, 4.69) is 252 Å². The SMILES string of the molecule is c1ccc(P(CCCN(CCCOCCCN(CCCP(c2ccccc2)c2ccccc2)CCCP(c2ccccc2)c2ccccc2)CCCP(c2ccccc2)c2ccccc2)c2ccccc2)cc1. The maximum absolute atomic E-state index is 6.53. The van der Waals surface area contributed by atoms with Gasteiger partial charge in [-0.05, 0) is 163 Å². The van der Waals surface area contributed by atoms with Crippen molar-refractivity contribution in [1.29, 1.82) is 0 Å². The molecule has 0 saturated carbocycles. The summed E-state index contributed by atoms with van der Waals surface area (Å²) in [4.78, 5) is 5.52. The molecule has 0 aromatic heterocycles. The molecule has 0 unspecified atom stereocenters. The van der Waals surface area contributed by atoms with Crippen molar-refractivity contribution < 1.29 is 4.74 Å². The van der Waals surface area contributed by atoms with Gasteiger partial charge in [-0.1, -0.05) is 243 Å². The van der Waals surface area contributed by atoms with Crippen molar-refractivity contribution in [1.82, 2.24) is 9.80 Å². The Kier molecular flexibility index (Phi) is 23.9. The van der Waals surface area contributed by atoms with Crippen LogP contribution in [0.4, 0.5) is 0 Å². The molecule has 7 heteroatoms. The minimum atomic E-state index is -0.403. The van der Waals surface area contributed by atoms with Gasteiger partial charge in [0.05, 0.1) is 0 Å². The van der Waals surface area contributed by atoms with Crippen LogP contribution in [0, 0.1) is 0 Å². The number of benzene rings is 8. The van der Waals surface area contributed by atoms with E-state index in [4.69, 9.17) is 4.74 Å². The highest BCUT2D eigenvalue weighted by molar-refractivity contribution is 7.74. The third-order valence-electron chi connectivity index (χ3n) is 13.5. The zero-order valence-electron chi connectivity index (χ0n) is 42.9. The van der Waals surface area contributed by atoms with Crippen molar-refractivity contribution in [3.05, 3.63) is 243 Å². The van der Waals surface area contributed by atoms with Gasteiger partial charge < -0.3 is 14.5 Å². The third-order valence-corrected chi connectivity index (χ3v) is 23.9. The van der Waals surface area contributed by atoms with Crippen LogP contribution in [0.25, 0.3) is 0 Å². The predicted octanol–water partition coefficient (Wildman–Crippen LogP) is 12.5. The molecule has 0 radical (unpaired) electrons. The molecule has 0 heterocycles. The smallest absolute Gasteiger partial charge is 0.0478 e. The van der Waals surface area contributed by atoms with Gasteiger partial charge in [0.25, 0.3) is 0 Å². The van der Waals surface area contributed by atoms with Crippen LogP contribution in [-0.2, 0) is 4.74 Å². The van der Waals surface area contributed by atoms with Crippen LogP contribution in [0.5, 0.6) is 0 Å². The van der Waals surface area contributed by atoms with Crippen LogP contribution >= 0.6 is 31.7 Å². The van der Waals surface area contributed by atoms with Crippen molar-refractivity contribution >= 4 is 74.1 Å². The highest BCUT2D eigenvalue weighted by Gasteiger charge is 2.19. The lowest BCUT2D eigenvalue weighted by molar-refractivity contribution is 0.109. The second kappa shape index (κ2) is 31.9. The Morgan fingerprint density at radius 2 is 0.384 bits per heavy atom. The van der Waals surface area contributed by atoms with Gasteiger partial charge >= 0.3 is 0 Å². The summed E-state index contributed by atoms with van der Waals surface area (Å²) in [5.41, 5.74) is 0. The highest BCUT2D eigenvalue weighted by atomic mass is 31.1. The molecular weight excluding hydrogens is 961 g/mol. The Morgan fingerprint density at radius 3 is 0.562 bits per heavy atom. The number of hydrogen-bond acceptors (Lipinski definition) is 3. The normalized spacial score (nSPS) is 11.7. The fourth-order valence-electron chi connectivity index (χ4n) is 9.86. The van der Waals surface area contributed by atoms with E-state index < -0.39 is 31.7 Å². The van der Waals surface area contributed by atoms with Gasteiger partial charge in [-0.15, -0.1) is 0 Å². The van der Waals surface area contributed by atoms with Gasteiger partial charge in [0, 0.05) is 26.3 Å². The summed E-state index contributed by atoms with van der Waals surface area (Å²) in [5, 5.41) is 11.8. The lowest BCUT2D eigenvalue weighted by atomic mass is 10.3. The molecule has 0 amide bonds. The Balaban J connectivity index is 0.868. The molecule has 0 aliphatic rings. The second-order valence-corrected chi connectivity index (χ2v) is 28.1. The summed E-state index contributed by atoms with van der Waals surface area (Å²) in [7, 11) is -1.61. The molecule has 0 aliphatic heterocycles. The topological polar surface area (TPSA) is 15.7 Å². The molecule has 0 aliphatic carbocycles. The number of rotatable bonds is 32. The van der Waals surface area contributed by atoms with Crippen LogP contribution in [0.1, 0.15) is 38.5 Å². The first-order chi connectivity index (χ1) is 36.3. The Morgan fingerprint density at radius 1 is 0.219 bits per heavy atom. The summed E-state index contributed by atoms with van der Waals surface area (Å²) >= 11 is 0. The van der Waals surface area contributed by atoms with Gasteiger partial charge in [0.2, 0.25) is 0 Å². The van der Waals surface area contributed by atoms with Gasteiger partial charge in [0.15, 0.2) is 0 Å². The van der Waals surface area contributed by atoms with Crippen LogP contribution in [0.2, 0.25) is 0 Å². The number of hydrogen-bond donors (Lipinski definition) is 0. The fourth-order valence-corrected chi connectivity index (χ4v) is 19.2. The van der Waals surface area contributed by atoms with Crippen LogP contribution < -0.4 is 42.4 Å². The third kappa shape index (κ3) is 18.3. The standard InChI is InChI=1S/C66H76N2OP4/c1-9-31-59(32-10-1)70(60-33-11-2-12-34-60)55-27-49-67(50-28-56-71(61-35-13-3-14-36-61)62-37-15-4-16-38-62)47-25-53-69-54-26-48-68(51-29-57-72(63-39-17-5-18-40-63)64-41-19-6-20-42-64)52-30-58-73(65-43-21-7-22-44-65)66-45-23-8-24-46-66/h1-24,31-46H,25-30,47-58H2. The molecule has 73 heavy (non-hydrogen) atoms. The lowest BCUT2D eigenvalue weighted by Gasteiger charge is -2.26. The Hall–Kier alpha value is -4.64. The first-order valence-electron chi connectivity index (χ1n) is 26.8. The fraction of sp³-hybridized carbons (Fsp3) is 0.273. The van der Waals surface area contributed by atoms with E-state index in [9.17, 15) is 0 Å². The van der Waals surface area contributed by atoms with Crippen molar-refractivity contribution in [2.24, 2.45) is 0 Å².